The van der Waals surface area contributed by atoms with Crippen LogP contribution in [0.3, 0.4) is 0 Å². The first-order chi connectivity index (χ1) is 8.13. The molecule has 0 amide bonds. The predicted molar refractivity (Wildman–Crippen MR) is 75.6 cm³/mol. The first-order valence-corrected chi connectivity index (χ1v) is 7.34. The van der Waals surface area contributed by atoms with E-state index in [9.17, 15) is 0 Å². The topological polar surface area (TPSA) is 43.8 Å². The molecular formula is C11H13BrClN3S. The van der Waals surface area contributed by atoms with Crippen LogP contribution < -0.4 is 5.73 Å². The Kier molecular flexibility index (Phi) is 4.25. The molecule has 0 aliphatic carbocycles. The molecule has 1 atom stereocenters. The summed E-state index contributed by atoms with van der Waals surface area (Å²) in [4.78, 5) is 1.08. The summed E-state index contributed by atoms with van der Waals surface area (Å²) in [5.74, 6) is 0. The van der Waals surface area contributed by atoms with Gasteiger partial charge in [0, 0.05) is 11.4 Å². The first-order valence-electron chi connectivity index (χ1n) is 5.35. The van der Waals surface area contributed by atoms with Gasteiger partial charge in [0.25, 0.3) is 0 Å². The number of aryl methyl sites for hydroxylation is 1. The summed E-state index contributed by atoms with van der Waals surface area (Å²) >= 11 is 11.2. The molecule has 0 radical (unpaired) electrons. The van der Waals surface area contributed by atoms with E-state index in [1.54, 1.807) is 17.5 Å². The lowest BCUT2D eigenvalue weighted by molar-refractivity contribution is 0.561. The van der Waals surface area contributed by atoms with Crippen molar-refractivity contribution in [3.05, 3.63) is 37.7 Å². The van der Waals surface area contributed by atoms with Gasteiger partial charge in [0.1, 0.15) is 0 Å². The Balaban J connectivity index is 2.35. The number of halogens is 2. The summed E-state index contributed by atoms with van der Waals surface area (Å²) in [6.45, 7) is 2.94. The highest BCUT2D eigenvalue weighted by atomic mass is 79.9. The molecule has 0 aliphatic rings. The molecule has 1 unspecified atom stereocenters. The minimum Gasteiger partial charge on any atom is -0.318 e. The third-order valence-corrected chi connectivity index (χ3v) is 4.46. The molecule has 0 aliphatic heterocycles. The van der Waals surface area contributed by atoms with Crippen molar-refractivity contribution in [1.82, 2.24) is 9.78 Å². The molecule has 2 heterocycles. The Morgan fingerprint density at radius 1 is 1.59 bits per heavy atom. The van der Waals surface area contributed by atoms with Crippen molar-refractivity contribution in [2.75, 3.05) is 0 Å². The molecule has 2 rings (SSSR count). The van der Waals surface area contributed by atoms with Gasteiger partial charge in [-0.3, -0.25) is 4.68 Å². The average molecular weight is 335 g/mol. The molecule has 2 N–H and O–H groups in total. The number of rotatable bonds is 4. The lowest BCUT2D eigenvalue weighted by atomic mass is 10.2. The molecule has 0 bridgehead atoms. The fraction of sp³-hybridized carbons (Fsp3) is 0.364. The van der Waals surface area contributed by atoms with Gasteiger partial charge >= 0.3 is 0 Å². The van der Waals surface area contributed by atoms with Gasteiger partial charge in [-0.2, -0.15) is 5.10 Å². The smallest absolute Gasteiger partial charge is 0.0837 e. The standard InChI is InChI=1S/C11H13BrClN3S/c1-2-5-16-11(7(13)6-15-16)10(14)8-3-4-9(12)17-8/h3-4,6,10H,2,5,14H2,1H3. The van der Waals surface area contributed by atoms with Crippen molar-refractivity contribution < 1.29 is 0 Å². The molecule has 6 heteroatoms. The quantitative estimate of drug-likeness (QED) is 0.923. The zero-order valence-corrected chi connectivity index (χ0v) is 12.5. The van der Waals surface area contributed by atoms with Gasteiger partial charge in [0.15, 0.2) is 0 Å². The van der Waals surface area contributed by atoms with Gasteiger partial charge in [-0.25, -0.2) is 0 Å². The lowest BCUT2D eigenvalue weighted by Gasteiger charge is -2.13. The normalized spacial score (nSPS) is 12.9. The highest BCUT2D eigenvalue weighted by Crippen LogP contribution is 2.32. The molecule has 0 fully saturated rings. The van der Waals surface area contributed by atoms with E-state index in [2.05, 4.69) is 28.0 Å². The van der Waals surface area contributed by atoms with Crippen LogP contribution in [-0.4, -0.2) is 9.78 Å². The highest BCUT2D eigenvalue weighted by Gasteiger charge is 2.19. The van der Waals surface area contributed by atoms with E-state index in [0.29, 0.717) is 5.02 Å². The van der Waals surface area contributed by atoms with E-state index >= 15 is 0 Å². The van der Waals surface area contributed by atoms with Crippen molar-refractivity contribution in [2.24, 2.45) is 5.73 Å². The summed E-state index contributed by atoms with van der Waals surface area (Å²) in [5, 5.41) is 4.89. The van der Waals surface area contributed by atoms with Crippen LogP contribution in [0.25, 0.3) is 0 Å². The molecule has 0 saturated carbocycles. The monoisotopic (exact) mass is 333 g/mol. The van der Waals surface area contributed by atoms with Gasteiger partial charge in [-0.1, -0.05) is 18.5 Å². The number of aromatic nitrogens is 2. The Morgan fingerprint density at radius 3 is 2.94 bits per heavy atom. The zero-order valence-electron chi connectivity index (χ0n) is 9.36. The van der Waals surface area contributed by atoms with Crippen LogP contribution in [0.4, 0.5) is 0 Å². The minimum absolute atomic E-state index is 0.215. The van der Waals surface area contributed by atoms with Gasteiger partial charge in [-0.15, -0.1) is 11.3 Å². The van der Waals surface area contributed by atoms with Crippen molar-refractivity contribution in [3.63, 3.8) is 0 Å². The predicted octanol–water partition coefficient (Wildman–Crippen LogP) is 3.82. The SMILES string of the molecule is CCCn1ncc(Cl)c1C(N)c1ccc(Br)s1. The Morgan fingerprint density at radius 2 is 2.35 bits per heavy atom. The van der Waals surface area contributed by atoms with Gasteiger partial charge < -0.3 is 5.73 Å². The van der Waals surface area contributed by atoms with Crippen molar-refractivity contribution in [1.29, 1.82) is 0 Å². The van der Waals surface area contributed by atoms with Gasteiger partial charge in [-0.05, 0) is 34.5 Å². The minimum atomic E-state index is -0.215. The van der Waals surface area contributed by atoms with Crippen LogP contribution in [0.5, 0.6) is 0 Å². The largest absolute Gasteiger partial charge is 0.318 e. The maximum Gasteiger partial charge on any atom is 0.0837 e. The van der Waals surface area contributed by atoms with Crippen LogP contribution in [0.15, 0.2) is 22.1 Å². The Bertz CT molecular complexity index is 509. The second-order valence-corrected chi connectivity index (χ2v) is 6.62. The fourth-order valence-corrected chi connectivity index (χ4v) is 3.39. The van der Waals surface area contributed by atoms with E-state index in [1.807, 2.05) is 16.8 Å². The molecule has 0 spiro atoms. The van der Waals surface area contributed by atoms with E-state index in [0.717, 1.165) is 27.3 Å². The zero-order chi connectivity index (χ0) is 12.4. The summed E-state index contributed by atoms with van der Waals surface area (Å²) in [7, 11) is 0. The molecule has 2 aromatic heterocycles. The first kappa shape index (κ1) is 13.1. The van der Waals surface area contributed by atoms with Crippen LogP contribution in [0.2, 0.25) is 5.02 Å². The van der Waals surface area contributed by atoms with E-state index in [-0.39, 0.29) is 6.04 Å². The molecule has 17 heavy (non-hydrogen) atoms. The van der Waals surface area contributed by atoms with E-state index in [1.165, 1.54) is 0 Å². The summed E-state index contributed by atoms with van der Waals surface area (Å²) in [6.07, 6.45) is 2.67. The summed E-state index contributed by atoms with van der Waals surface area (Å²) in [5.41, 5.74) is 7.14. The van der Waals surface area contributed by atoms with Crippen LogP contribution >= 0.6 is 38.9 Å². The molecule has 2 aromatic rings. The third-order valence-electron chi connectivity index (χ3n) is 2.46. The molecular weight excluding hydrogens is 322 g/mol. The second-order valence-electron chi connectivity index (χ2n) is 3.72. The summed E-state index contributed by atoms with van der Waals surface area (Å²) < 4.78 is 2.96. The van der Waals surface area contributed by atoms with Crippen LogP contribution in [-0.2, 0) is 6.54 Å². The van der Waals surface area contributed by atoms with Crippen molar-refractivity contribution in [3.8, 4) is 0 Å². The van der Waals surface area contributed by atoms with Crippen LogP contribution in [0, 0.1) is 0 Å². The van der Waals surface area contributed by atoms with E-state index in [4.69, 9.17) is 17.3 Å². The third kappa shape index (κ3) is 2.73. The van der Waals surface area contributed by atoms with Crippen LogP contribution in [0.1, 0.15) is 30.0 Å². The Labute approximate surface area is 118 Å². The molecule has 3 nitrogen and oxygen atoms in total. The number of nitrogens with two attached hydrogens (primary N) is 1. The summed E-state index contributed by atoms with van der Waals surface area (Å²) in [6, 6.07) is 3.79. The van der Waals surface area contributed by atoms with Crippen molar-refractivity contribution in [2.45, 2.75) is 25.9 Å². The molecule has 92 valence electrons. The fourth-order valence-electron chi connectivity index (χ4n) is 1.70. The second kappa shape index (κ2) is 5.52. The molecule has 0 aromatic carbocycles. The maximum atomic E-state index is 6.25. The lowest BCUT2D eigenvalue weighted by Crippen LogP contribution is -2.17. The highest BCUT2D eigenvalue weighted by molar-refractivity contribution is 9.11. The van der Waals surface area contributed by atoms with Gasteiger partial charge in [0.05, 0.1) is 26.7 Å². The van der Waals surface area contributed by atoms with E-state index < -0.39 is 0 Å². The molecule has 0 saturated heterocycles. The number of hydrogen-bond donors (Lipinski definition) is 1. The average Bonchev–Trinajstić information content (AvgIpc) is 2.86. The Hall–Kier alpha value is -0.360. The number of thiophene rings is 1. The number of nitrogens with zero attached hydrogens (tertiary/aromatic N) is 2. The van der Waals surface area contributed by atoms with Crippen molar-refractivity contribution >= 4 is 38.9 Å². The van der Waals surface area contributed by atoms with Gasteiger partial charge in [0.2, 0.25) is 0 Å². The number of hydrogen-bond acceptors (Lipinski definition) is 3. The maximum absolute atomic E-state index is 6.25.